The van der Waals surface area contributed by atoms with Crippen molar-refractivity contribution in [3.8, 4) is 5.69 Å². The van der Waals surface area contributed by atoms with E-state index < -0.39 is 0 Å². The predicted octanol–water partition coefficient (Wildman–Crippen LogP) is 4.22. The normalized spacial score (nSPS) is 10.9. The zero-order chi connectivity index (χ0) is 23.5. The third-order valence-corrected chi connectivity index (χ3v) is 5.65. The van der Waals surface area contributed by atoms with E-state index in [2.05, 4.69) is 35.9 Å². The molecule has 4 heterocycles. The van der Waals surface area contributed by atoms with E-state index >= 15 is 0 Å². The van der Waals surface area contributed by atoms with Crippen LogP contribution in [0.15, 0.2) is 94.8 Å². The van der Waals surface area contributed by atoms with E-state index in [0.717, 1.165) is 10.0 Å². The maximum absolute atomic E-state index is 13.6. The molecule has 4 aromatic heterocycles. The number of halogens is 1. The second-order valence-electron chi connectivity index (χ2n) is 7.44. The lowest BCUT2D eigenvalue weighted by atomic mass is 10.1. The lowest BCUT2D eigenvalue weighted by molar-refractivity contribution is -0.106. The number of nitrogens with zero attached hydrogens (tertiary/aromatic N) is 6. The molecule has 166 valence electrons. The fraction of sp³-hybridized carbons (Fsp3) is 0.0400. The van der Waals surface area contributed by atoms with Crippen molar-refractivity contribution in [2.24, 2.45) is 0 Å². The molecule has 0 saturated heterocycles. The first-order chi connectivity index (χ1) is 16.6. The zero-order valence-electron chi connectivity index (χ0n) is 17.7. The van der Waals surface area contributed by atoms with Gasteiger partial charge in [0, 0.05) is 35.7 Å². The van der Waals surface area contributed by atoms with Gasteiger partial charge in [-0.25, -0.2) is 9.97 Å². The van der Waals surface area contributed by atoms with Crippen molar-refractivity contribution < 1.29 is 4.79 Å². The Labute approximate surface area is 202 Å². The Morgan fingerprint density at radius 3 is 2.62 bits per heavy atom. The Morgan fingerprint density at radius 1 is 0.941 bits per heavy atom. The minimum Gasteiger partial charge on any atom is -0.282 e. The molecule has 8 nitrogen and oxygen atoms in total. The standard InChI is InChI=1S/C25H17BrN6O2/c26-18-11-21(15-28-14-18)31(16-33)19-5-1-6-20(12-19)32-24-22(7-3-9-29-24)30-23(25(32)34)10-17-4-2-8-27-13-17/h1-9,11-16H,10H2. The van der Waals surface area contributed by atoms with Crippen LogP contribution in [0.25, 0.3) is 16.9 Å². The molecule has 5 aromatic rings. The van der Waals surface area contributed by atoms with Crippen molar-refractivity contribution in [2.45, 2.75) is 6.42 Å². The molecule has 5 rings (SSSR count). The molecular weight excluding hydrogens is 496 g/mol. The van der Waals surface area contributed by atoms with Gasteiger partial charge in [-0.1, -0.05) is 12.1 Å². The van der Waals surface area contributed by atoms with Crippen molar-refractivity contribution in [1.82, 2.24) is 24.5 Å². The number of anilines is 2. The first kappa shape index (κ1) is 21.6. The predicted molar refractivity (Wildman–Crippen MR) is 132 cm³/mol. The number of pyridine rings is 3. The summed E-state index contributed by atoms with van der Waals surface area (Å²) in [4.78, 5) is 44.3. The molecule has 0 atom stereocenters. The van der Waals surface area contributed by atoms with E-state index in [-0.39, 0.29) is 5.56 Å². The number of carbonyl (C=O) groups is 1. The summed E-state index contributed by atoms with van der Waals surface area (Å²) in [5.41, 5.74) is 3.73. The van der Waals surface area contributed by atoms with Crippen LogP contribution in [-0.4, -0.2) is 30.9 Å². The van der Waals surface area contributed by atoms with Crippen LogP contribution in [0.1, 0.15) is 11.3 Å². The number of carbonyl (C=O) groups excluding carboxylic acids is 1. The van der Waals surface area contributed by atoms with Gasteiger partial charge in [0.05, 0.1) is 23.3 Å². The molecular formula is C25H17BrN6O2. The lowest BCUT2D eigenvalue weighted by Crippen LogP contribution is -2.25. The number of benzene rings is 1. The quantitative estimate of drug-likeness (QED) is 0.316. The van der Waals surface area contributed by atoms with Crippen LogP contribution in [0.3, 0.4) is 0 Å². The monoisotopic (exact) mass is 512 g/mol. The zero-order valence-corrected chi connectivity index (χ0v) is 19.3. The van der Waals surface area contributed by atoms with Crippen molar-refractivity contribution in [1.29, 1.82) is 0 Å². The minimum atomic E-state index is -0.283. The van der Waals surface area contributed by atoms with Gasteiger partial charge in [-0.05, 0) is 64.0 Å². The molecule has 0 bridgehead atoms. The molecule has 1 aromatic carbocycles. The van der Waals surface area contributed by atoms with E-state index in [1.165, 1.54) is 9.47 Å². The molecule has 1 amide bonds. The third kappa shape index (κ3) is 4.20. The van der Waals surface area contributed by atoms with Crippen LogP contribution in [-0.2, 0) is 11.2 Å². The molecule has 34 heavy (non-hydrogen) atoms. The van der Waals surface area contributed by atoms with Crippen LogP contribution in [0, 0.1) is 0 Å². The smallest absolute Gasteiger partial charge is 0.278 e. The van der Waals surface area contributed by atoms with E-state index in [1.54, 1.807) is 67.4 Å². The number of hydrogen-bond donors (Lipinski definition) is 0. The molecule has 0 aliphatic rings. The van der Waals surface area contributed by atoms with Gasteiger partial charge in [0.2, 0.25) is 6.41 Å². The molecule has 0 spiro atoms. The highest BCUT2D eigenvalue weighted by molar-refractivity contribution is 9.10. The van der Waals surface area contributed by atoms with Gasteiger partial charge in [-0.15, -0.1) is 0 Å². The van der Waals surface area contributed by atoms with Crippen LogP contribution >= 0.6 is 15.9 Å². The van der Waals surface area contributed by atoms with Gasteiger partial charge < -0.3 is 0 Å². The highest BCUT2D eigenvalue weighted by Crippen LogP contribution is 2.27. The van der Waals surface area contributed by atoms with Gasteiger partial charge in [-0.3, -0.25) is 29.0 Å². The van der Waals surface area contributed by atoms with Crippen LogP contribution in [0.5, 0.6) is 0 Å². The van der Waals surface area contributed by atoms with Crippen molar-refractivity contribution in [2.75, 3.05) is 4.90 Å². The summed E-state index contributed by atoms with van der Waals surface area (Å²) < 4.78 is 2.27. The van der Waals surface area contributed by atoms with Gasteiger partial charge in [-0.2, -0.15) is 0 Å². The SMILES string of the molecule is O=CN(c1cncc(Br)c1)c1cccc(-n2c(=O)c(Cc3cccnc3)nc3cccnc32)c1. The summed E-state index contributed by atoms with van der Waals surface area (Å²) in [6.45, 7) is 0. The molecule has 0 aliphatic heterocycles. The number of rotatable bonds is 6. The van der Waals surface area contributed by atoms with Crippen molar-refractivity contribution >= 4 is 44.9 Å². The Hall–Kier alpha value is -4.24. The first-order valence-electron chi connectivity index (χ1n) is 10.3. The average Bonchev–Trinajstić information content (AvgIpc) is 2.86. The molecule has 0 saturated carbocycles. The molecule has 0 unspecified atom stereocenters. The van der Waals surface area contributed by atoms with Crippen LogP contribution in [0.4, 0.5) is 11.4 Å². The summed E-state index contributed by atoms with van der Waals surface area (Å²) in [5.74, 6) is 0. The summed E-state index contributed by atoms with van der Waals surface area (Å²) in [6, 6.07) is 16.3. The molecule has 0 aliphatic carbocycles. The Kier molecular flexibility index (Phi) is 5.92. The summed E-state index contributed by atoms with van der Waals surface area (Å²) in [6.07, 6.45) is 9.30. The number of aromatic nitrogens is 5. The fourth-order valence-corrected chi connectivity index (χ4v) is 4.06. The van der Waals surface area contributed by atoms with Gasteiger partial charge in [0.15, 0.2) is 5.65 Å². The highest BCUT2D eigenvalue weighted by atomic mass is 79.9. The van der Waals surface area contributed by atoms with Gasteiger partial charge in [0.1, 0.15) is 11.2 Å². The van der Waals surface area contributed by atoms with Crippen LogP contribution < -0.4 is 10.5 Å². The maximum atomic E-state index is 13.6. The minimum absolute atomic E-state index is 0.283. The third-order valence-electron chi connectivity index (χ3n) is 5.22. The van der Waals surface area contributed by atoms with E-state index in [4.69, 9.17) is 0 Å². The Morgan fingerprint density at radius 2 is 1.82 bits per heavy atom. The van der Waals surface area contributed by atoms with Gasteiger partial charge in [0.25, 0.3) is 5.56 Å². The molecule has 0 N–H and O–H groups in total. The van der Waals surface area contributed by atoms with E-state index in [1.807, 2.05) is 18.2 Å². The lowest BCUT2D eigenvalue weighted by Gasteiger charge is -2.19. The summed E-state index contributed by atoms with van der Waals surface area (Å²) in [5, 5.41) is 0. The topological polar surface area (TPSA) is 93.9 Å². The molecule has 0 fully saturated rings. The molecule has 9 heteroatoms. The molecule has 0 radical (unpaired) electrons. The number of amides is 1. The first-order valence-corrected chi connectivity index (χ1v) is 11.1. The second kappa shape index (κ2) is 9.32. The number of fused-ring (bicyclic) bond motifs is 1. The summed E-state index contributed by atoms with van der Waals surface area (Å²) >= 11 is 3.38. The second-order valence-corrected chi connectivity index (χ2v) is 8.36. The Balaban J connectivity index is 1.66. The highest BCUT2D eigenvalue weighted by Gasteiger charge is 2.16. The maximum Gasteiger partial charge on any atom is 0.278 e. The fourth-order valence-electron chi connectivity index (χ4n) is 3.70. The average molecular weight is 513 g/mol. The van der Waals surface area contributed by atoms with E-state index in [0.29, 0.717) is 46.8 Å². The van der Waals surface area contributed by atoms with Crippen LogP contribution in [0.2, 0.25) is 0 Å². The summed E-state index contributed by atoms with van der Waals surface area (Å²) in [7, 11) is 0. The van der Waals surface area contributed by atoms with E-state index in [9.17, 15) is 9.59 Å². The van der Waals surface area contributed by atoms with Crippen molar-refractivity contribution in [3.63, 3.8) is 0 Å². The van der Waals surface area contributed by atoms with Gasteiger partial charge >= 0.3 is 0 Å². The number of hydrogen-bond acceptors (Lipinski definition) is 6. The Bertz CT molecular complexity index is 1550. The largest absolute Gasteiger partial charge is 0.282 e. The van der Waals surface area contributed by atoms with Crippen molar-refractivity contribution in [3.05, 3.63) is 112 Å².